The third-order valence-electron chi connectivity index (χ3n) is 4.73. The number of amides is 2. The molecule has 2 aromatic carbocycles. The molecule has 1 aliphatic rings. The minimum atomic E-state index is -1.64. The van der Waals surface area contributed by atoms with Gasteiger partial charge in [-0.3, -0.25) is 9.59 Å². The van der Waals surface area contributed by atoms with Crippen LogP contribution in [0.1, 0.15) is 23.1 Å². The summed E-state index contributed by atoms with van der Waals surface area (Å²) < 4.78 is 40.6. The lowest BCUT2D eigenvalue weighted by molar-refractivity contribution is -0.122. The van der Waals surface area contributed by atoms with E-state index in [0.29, 0.717) is 5.69 Å². The van der Waals surface area contributed by atoms with Gasteiger partial charge in [-0.2, -0.15) is 0 Å². The average Bonchev–Trinajstić information content (AvgIpc) is 2.98. The van der Waals surface area contributed by atoms with Crippen LogP contribution >= 0.6 is 0 Å². The van der Waals surface area contributed by atoms with Crippen LogP contribution in [0.2, 0.25) is 0 Å². The third kappa shape index (κ3) is 3.54. The number of rotatable bonds is 3. The van der Waals surface area contributed by atoms with Crippen molar-refractivity contribution >= 4 is 23.2 Å². The molecule has 0 aliphatic carbocycles. The Hall–Kier alpha value is -2.83. The molecule has 1 atom stereocenters. The van der Waals surface area contributed by atoms with E-state index in [4.69, 9.17) is 0 Å². The Labute approximate surface area is 155 Å². The molecule has 0 spiro atoms. The van der Waals surface area contributed by atoms with Crippen LogP contribution in [0.4, 0.5) is 24.5 Å². The number of aryl methyl sites for hydroxylation is 3. The first-order valence-electron chi connectivity index (χ1n) is 8.51. The first-order valence-corrected chi connectivity index (χ1v) is 8.51. The zero-order valence-electron chi connectivity index (χ0n) is 15.2. The maximum absolute atomic E-state index is 14.0. The lowest BCUT2D eigenvalue weighted by Gasteiger charge is -2.18. The number of hydrogen-bond donors (Lipinski definition) is 1. The lowest BCUT2D eigenvalue weighted by atomic mass is 10.0. The zero-order chi connectivity index (χ0) is 19.9. The van der Waals surface area contributed by atoms with Crippen LogP contribution in [-0.2, 0) is 9.59 Å². The van der Waals surface area contributed by atoms with Crippen molar-refractivity contribution in [2.24, 2.45) is 5.92 Å². The van der Waals surface area contributed by atoms with Gasteiger partial charge < -0.3 is 10.2 Å². The molecule has 0 aromatic heterocycles. The highest BCUT2D eigenvalue weighted by Gasteiger charge is 2.37. The number of carbonyl (C=O) groups excluding carboxylic acids is 2. The summed E-state index contributed by atoms with van der Waals surface area (Å²) in [5.41, 5.74) is 3.17. The van der Waals surface area contributed by atoms with E-state index in [2.05, 4.69) is 5.32 Å². The van der Waals surface area contributed by atoms with Gasteiger partial charge >= 0.3 is 0 Å². The van der Waals surface area contributed by atoms with E-state index in [-0.39, 0.29) is 24.6 Å². The van der Waals surface area contributed by atoms with Crippen molar-refractivity contribution in [1.82, 2.24) is 0 Å². The van der Waals surface area contributed by atoms with Gasteiger partial charge in [0, 0.05) is 18.7 Å². The minimum Gasteiger partial charge on any atom is -0.325 e. The van der Waals surface area contributed by atoms with Gasteiger partial charge in [0.05, 0.1) is 11.6 Å². The number of halogens is 3. The molecule has 1 fully saturated rings. The largest absolute Gasteiger partial charge is 0.325 e. The van der Waals surface area contributed by atoms with E-state index < -0.39 is 29.3 Å². The first-order chi connectivity index (χ1) is 12.7. The standard InChI is InChI=1S/C20H19F3N2O2/c1-10-6-11(2)19(12(3)7-10)24-20(27)13-8-16(26)25(9-13)15-5-4-14(21)17(22)18(15)23/h4-7,13H,8-9H2,1-3H3,(H,24,27). The van der Waals surface area contributed by atoms with Crippen molar-refractivity contribution < 1.29 is 22.8 Å². The summed E-state index contributed by atoms with van der Waals surface area (Å²) >= 11 is 0. The Morgan fingerprint density at radius 2 is 1.70 bits per heavy atom. The summed E-state index contributed by atoms with van der Waals surface area (Å²) in [4.78, 5) is 25.8. The predicted molar refractivity (Wildman–Crippen MR) is 96.1 cm³/mol. The molecule has 1 N–H and O–H groups in total. The Bertz CT molecular complexity index is 920. The number of benzene rings is 2. The molecule has 1 unspecified atom stereocenters. The maximum atomic E-state index is 14.0. The predicted octanol–water partition coefficient (Wildman–Crippen LogP) is 4.02. The second-order valence-electron chi connectivity index (χ2n) is 6.86. The van der Waals surface area contributed by atoms with E-state index in [1.807, 2.05) is 32.9 Å². The molecule has 7 heteroatoms. The van der Waals surface area contributed by atoms with Crippen molar-refractivity contribution in [2.75, 3.05) is 16.8 Å². The molecular weight excluding hydrogens is 357 g/mol. The molecule has 2 amide bonds. The Balaban J connectivity index is 1.80. The zero-order valence-corrected chi connectivity index (χ0v) is 15.2. The molecule has 1 saturated heterocycles. The van der Waals surface area contributed by atoms with E-state index in [1.54, 1.807) is 0 Å². The van der Waals surface area contributed by atoms with Gasteiger partial charge in [-0.05, 0) is 44.0 Å². The van der Waals surface area contributed by atoms with Crippen LogP contribution in [0.15, 0.2) is 24.3 Å². The summed E-state index contributed by atoms with van der Waals surface area (Å²) in [6, 6.07) is 5.63. The molecule has 0 saturated carbocycles. The molecule has 27 heavy (non-hydrogen) atoms. The molecule has 142 valence electrons. The van der Waals surface area contributed by atoms with Gasteiger partial charge in [0.2, 0.25) is 11.8 Å². The highest BCUT2D eigenvalue weighted by atomic mass is 19.2. The summed E-state index contributed by atoms with van der Waals surface area (Å²) in [6.45, 7) is 5.60. The Morgan fingerprint density at radius 3 is 2.33 bits per heavy atom. The molecule has 0 bridgehead atoms. The first kappa shape index (κ1) is 18.9. The number of anilines is 2. The quantitative estimate of drug-likeness (QED) is 0.823. The SMILES string of the molecule is Cc1cc(C)c(NC(=O)C2CC(=O)N(c3ccc(F)c(F)c3F)C2)c(C)c1. The lowest BCUT2D eigenvalue weighted by Crippen LogP contribution is -2.29. The fraction of sp³-hybridized carbons (Fsp3) is 0.300. The molecular formula is C20H19F3N2O2. The van der Waals surface area contributed by atoms with Crippen LogP contribution in [0.5, 0.6) is 0 Å². The fourth-order valence-electron chi connectivity index (χ4n) is 3.44. The van der Waals surface area contributed by atoms with Crippen molar-refractivity contribution in [3.8, 4) is 0 Å². The smallest absolute Gasteiger partial charge is 0.229 e. The second kappa shape index (κ2) is 7.06. The van der Waals surface area contributed by atoms with Crippen LogP contribution in [-0.4, -0.2) is 18.4 Å². The topological polar surface area (TPSA) is 49.4 Å². The number of hydrogen-bond acceptors (Lipinski definition) is 2. The monoisotopic (exact) mass is 376 g/mol. The van der Waals surface area contributed by atoms with Crippen molar-refractivity contribution in [1.29, 1.82) is 0 Å². The highest BCUT2D eigenvalue weighted by Crippen LogP contribution is 2.31. The van der Waals surface area contributed by atoms with E-state index in [0.717, 1.165) is 33.7 Å². The van der Waals surface area contributed by atoms with E-state index in [1.165, 1.54) is 0 Å². The van der Waals surface area contributed by atoms with Crippen molar-refractivity contribution in [2.45, 2.75) is 27.2 Å². The van der Waals surface area contributed by atoms with Crippen molar-refractivity contribution in [3.05, 3.63) is 58.4 Å². The molecule has 4 nitrogen and oxygen atoms in total. The molecule has 1 heterocycles. The fourth-order valence-corrected chi connectivity index (χ4v) is 3.44. The van der Waals surface area contributed by atoms with Gasteiger partial charge in [-0.1, -0.05) is 17.7 Å². The molecule has 3 rings (SSSR count). The number of carbonyl (C=O) groups is 2. The van der Waals surface area contributed by atoms with Crippen molar-refractivity contribution in [3.63, 3.8) is 0 Å². The average molecular weight is 376 g/mol. The molecule has 0 radical (unpaired) electrons. The van der Waals surface area contributed by atoms with Gasteiger partial charge in [0.1, 0.15) is 0 Å². The van der Waals surface area contributed by atoms with Crippen LogP contribution in [0, 0.1) is 44.1 Å². The third-order valence-corrected chi connectivity index (χ3v) is 4.73. The summed E-state index contributed by atoms with van der Waals surface area (Å²) in [5, 5.41) is 2.83. The number of nitrogens with zero attached hydrogens (tertiary/aromatic N) is 1. The van der Waals surface area contributed by atoms with Gasteiger partial charge in [0.15, 0.2) is 17.5 Å². The van der Waals surface area contributed by atoms with E-state index >= 15 is 0 Å². The second-order valence-corrected chi connectivity index (χ2v) is 6.86. The highest BCUT2D eigenvalue weighted by molar-refractivity contribution is 6.04. The van der Waals surface area contributed by atoms with Gasteiger partial charge in [0.25, 0.3) is 0 Å². The normalized spacial score (nSPS) is 16.7. The summed E-state index contributed by atoms with van der Waals surface area (Å²) in [5.74, 6) is -6.01. The van der Waals surface area contributed by atoms with Crippen LogP contribution in [0.3, 0.4) is 0 Å². The summed E-state index contributed by atoms with van der Waals surface area (Å²) in [6.07, 6.45) is -0.131. The minimum absolute atomic E-state index is 0.101. The van der Waals surface area contributed by atoms with Crippen LogP contribution in [0.25, 0.3) is 0 Å². The van der Waals surface area contributed by atoms with E-state index in [9.17, 15) is 22.8 Å². The maximum Gasteiger partial charge on any atom is 0.229 e. The summed E-state index contributed by atoms with van der Waals surface area (Å²) in [7, 11) is 0. The van der Waals surface area contributed by atoms with Crippen LogP contribution < -0.4 is 10.2 Å². The molecule has 1 aliphatic heterocycles. The van der Waals surface area contributed by atoms with Gasteiger partial charge in [-0.15, -0.1) is 0 Å². The number of nitrogens with one attached hydrogen (secondary N) is 1. The Morgan fingerprint density at radius 1 is 1.07 bits per heavy atom. The molecule has 2 aromatic rings. The Kier molecular flexibility index (Phi) is 4.95. The van der Waals surface area contributed by atoms with Gasteiger partial charge in [-0.25, -0.2) is 13.2 Å².